The van der Waals surface area contributed by atoms with Gasteiger partial charge in [-0.25, -0.2) is 4.79 Å². The number of H-pyrrole nitrogens is 1. The summed E-state index contributed by atoms with van der Waals surface area (Å²) in [6, 6.07) is 5.81. The molecule has 0 aliphatic heterocycles. The summed E-state index contributed by atoms with van der Waals surface area (Å²) < 4.78 is 1.07. The van der Waals surface area contributed by atoms with E-state index in [0.717, 1.165) is 10.6 Å². The number of hydrogen-bond acceptors (Lipinski definition) is 4. The highest BCUT2D eigenvalue weighted by atomic mass is 35.5. The van der Waals surface area contributed by atoms with E-state index >= 15 is 0 Å². The van der Waals surface area contributed by atoms with Gasteiger partial charge in [-0.05, 0) is 18.2 Å². The molecule has 20 heavy (non-hydrogen) atoms. The average Bonchev–Trinajstić information content (AvgIpc) is 2.36. The Kier molecular flexibility index (Phi) is 3.90. The number of hydrogen-bond donors (Lipinski definition) is 3. The van der Waals surface area contributed by atoms with Gasteiger partial charge in [0, 0.05) is 17.3 Å². The number of aromatic amines is 1. The standard InChI is InChI=1S/C12H11ClN4O3/c13-7-1-2-9(8(14)5-7)15-11(19)6-17-4-3-10(18)16-12(17)20/h1-5H,6,14H2,(H,15,19)(H,16,18,20). The Labute approximate surface area is 118 Å². The minimum absolute atomic E-state index is 0.238. The molecule has 4 N–H and O–H groups in total. The minimum Gasteiger partial charge on any atom is -0.397 e. The van der Waals surface area contributed by atoms with Crippen LogP contribution >= 0.6 is 11.6 Å². The number of aromatic nitrogens is 2. The van der Waals surface area contributed by atoms with Crippen LogP contribution < -0.4 is 22.3 Å². The van der Waals surface area contributed by atoms with E-state index in [9.17, 15) is 14.4 Å². The number of carbonyl (C=O) groups excluding carboxylic acids is 1. The van der Waals surface area contributed by atoms with Gasteiger partial charge in [0.05, 0.1) is 11.4 Å². The first-order valence-electron chi connectivity index (χ1n) is 5.60. The molecule has 1 heterocycles. The van der Waals surface area contributed by atoms with Crippen LogP contribution in [-0.2, 0) is 11.3 Å². The molecule has 0 bridgehead atoms. The van der Waals surface area contributed by atoms with Crippen LogP contribution in [0.15, 0.2) is 40.1 Å². The summed E-state index contributed by atoms with van der Waals surface area (Å²) in [4.78, 5) is 36.2. The lowest BCUT2D eigenvalue weighted by atomic mass is 10.2. The molecule has 0 aliphatic rings. The molecule has 0 saturated carbocycles. The molecule has 2 aromatic rings. The SMILES string of the molecule is Nc1cc(Cl)ccc1NC(=O)Cn1ccc(=O)[nH]c1=O. The molecule has 0 saturated heterocycles. The number of nitrogen functional groups attached to an aromatic ring is 1. The summed E-state index contributed by atoms with van der Waals surface area (Å²) >= 11 is 5.75. The molecule has 1 aromatic heterocycles. The van der Waals surface area contributed by atoms with Crippen LogP contribution in [0.5, 0.6) is 0 Å². The van der Waals surface area contributed by atoms with Crippen molar-refractivity contribution in [2.45, 2.75) is 6.54 Å². The van der Waals surface area contributed by atoms with Crippen LogP contribution in [0.3, 0.4) is 0 Å². The molecule has 1 aromatic carbocycles. The summed E-state index contributed by atoms with van der Waals surface area (Å²) in [7, 11) is 0. The highest BCUT2D eigenvalue weighted by molar-refractivity contribution is 6.31. The molecule has 1 amide bonds. The average molecular weight is 295 g/mol. The summed E-state index contributed by atoms with van der Waals surface area (Å²) in [5, 5.41) is 3.01. The van der Waals surface area contributed by atoms with E-state index in [1.54, 1.807) is 12.1 Å². The zero-order chi connectivity index (χ0) is 14.7. The number of benzene rings is 1. The third-order valence-electron chi connectivity index (χ3n) is 2.50. The second-order valence-electron chi connectivity index (χ2n) is 4.02. The van der Waals surface area contributed by atoms with Gasteiger partial charge < -0.3 is 11.1 Å². The van der Waals surface area contributed by atoms with Gasteiger partial charge >= 0.3 is 5.69 Å². The summed E-state index contributed by atoms with van der Waals surface area (Å²) in [6.07, 6.45) is 1.24. The van der Waals surface area contributed by atoms with Crippen molar-refractivity contribution in [3.8, 4) is 0 Å². The highest BCUT2D eigenvalue weighted by Crippen LogP contribution is 2.22. The number of anilines is 2. The minimum atomic E-state index is -0.656. The van der Waals surface area contributed by atoms with Crippen molar-refractivity contribution in [2.75, 3.05) is 11.1 Å². The van der Waals surface area contributed by atoms with E-state index in [1.165, 1.54) is 12.3 Å². The predicted molar refractivity (Wildman–Crippen MR) is 75.8 cm³/mol. The van der Waals surface area contributed by atoms with Crippen LogP contribution in [0.2, 0.25) is 5.02 Å². The maximum Gasteiger partial charge on any atom is 0.328 e. The fourth-order valence-corrected chi connectivity index (χ4v) is 1.74. The molecule has 0 spiro atoms. The van der Waals surface area contributed by atoms with E-state index in [-0.39, 0.29) is 6.54 Å². The largest absolute Gasteiger partial charge is 0.397 e. The van der Waals surface area contributed by atoms with Gasteiger partial charge in [-0.2, -0.15) is 0 Å². The topological polar surface area (TPSA) is 110 Å². The van der Waals surface area contributed by atoms with Gasteiger partial charge in [-0.3, -0.25) is 19.1 Å². The Morgan fingerprint density at radius 1 is 1.35 bits per heavy atom. The molecule has 0 aliphatic carbocycles. The molecular weight excluding hydrogens is 284 g/mol. The molecule has 7 nitrogen and oxygen atoms in total. The molecule has 0 radical (unpaired) electrons. The Morgan fingerprint density at radius 3 is 2.75 bits per heavy atom. The van der Waals surface area contributed by atoms with Gasteiger partial charge in [0.2, 0.25) is 5.91 Å². The Morgan fingerprint density at radius 2 is 2.10 bits per heavy atom. The van der Waals surface area contributed by atoms with Gasteiger partial charge in [0.25, 0.3) is 5.56 Å². The van der Waals surface area contributed by atoms with Gasteiger partial charge in [-0.15, -0.1) is 0 Å². The summed E-state index contributed by atoms with van der Waals surface area (Å²) in [5.74, 6) is -0.451. The number of rotatable bonds is 3. The van der Waals surface area contributed by atoms with Crippen molar-refractivity contribution in [2.24, 2.45) is 0 Å². The summed E-state index contributed by atoms with van der Waals surface area (Å²) in [6.45, 7) is -0.238. The first-order valence-corrected chi connectivity index (χ1v) is 5.98. The lowest BCUT2D eigenvalue weighted by molar-refractivity contribution is -0.116. The number of nitrogens with one attached hydrogen (secondary N) is 2. The van der Waals surface area contributed by atoms with Crippen molar-refractivity contribution in [3.63, 3.8) is 0 Å². The molecule has 8 heteroatoms. The molecular formula is C12H11ClN4O3. The second-order valence-corrected chi connectivity index (χ2v) is 4.45. The van der Waals surface area contributed by atoms with Crippen LogP contribution in [0.25, 0.3) is 0 Å². The van der Waals surface area contributed by atoms with Crippen LogP contribution in [0.1, 0.15) is 0 Å². The maximum atomic E-state index is 11.8. The Hall–Kier alpha value is -2.54. The lowest BCUT2D eigenvalue weighted by Crippen LogP contribution is -2.32. The Bertz CT molecular complexity index is 766. The van der Waals surface area contributed by atoms with Crippen molar-refractivity contribution in [1.29, 1.82) is 0 Å². The number of amides is 1. The number of carbonyl (C=O) groups is 1. The lowest BCUT2D eigenvalue weighted by Gasteiger charge is -2.09. The normalized spacial score (nSPS) is 10.2. The third kappa shape index (κ3) is 3.27. The second kappa shape index (κ2) is 5.62. The molecule has 0 unspecified atom stereocenters. The first-order chi connectivity index (χ1) is 9.45. The van der Waals surface area contributed by atoms with Gasteiger partial charge in [-0.1, -0.05) is 11.6 Å². The first kappa shape index (κ1) is 13.9. The van der Waals surface area contributed by atoms with Gasteiger partial charge in [0.1, 0.15) is 6.54 Å². The van der Waals surface area contributed by atoms with E-state index in [2.05, 4.69) is 10.3 Å². The fourth-order valence-electron chi connectivity index (χ4n) is 1.56. The van der Waals surface area contributed by atoms with E-state index in [0.29, 0.717) is 16.4 Å². The van der Waals surface area contributed by atoms with Crippen LogP contribution in [-0.4, -0.2) is 15.5 Å². The van der Waals surface area contributed by atoms with Crippen molar-refractivity contribution in [1.82, 2.24) is 9.55 Å². The van der Waals surface area contributed by atoms with Crippen molar-refractivity contribution in [3.05, 3.63) is 56.3 Å². The highest BCUT2D eigenvalue weighted by Gasteiger charge is 2.07. The smallest absolute Gasteiger partial charge is 0.328 e. The van der Waals surface area contributed by atoms with E-state index < -0.39 is 17.2 Å². The van der Waals surface area contributed by atoms with Crippen LogP contribution in [0.4, 0.5) is 11.4 Å². The fraction of sp³-hybridized carbons (Fsp3) is 0.0833. The zero-order valence-electron chi connectivity index (χ0n) is 10.2. The molecule has 0 atom stereocenters. The third-order valence-corrected chi connectivity index (χ3v) is 2.73. The van der Waals surface area contributed by atoms with Gasteiger partial charge in [0.15, 0.2) is 0 Å². The van der Waals surface area contributed by atoms with Crippen molar-refractivity contribution >= 4 is 28.9 Å². The predicted octanol–water partition coefficient (Wildman–Crippen LogP) is 0.411. The quantitative estimate of drug-likeness (QED) is 0.712. The Balaban J connectivity index is 2.13. The number of halogens is 1. The maximum absolute atomic E-state index is 11.8. The number of nitrogens with zero attached hydrogens (tertiary/aromatic N) is 1. The zero-order valence-corrected chi connectivity index (χ0v) is 11.0. The molecule has 0 fully saturated rings. The van der Waals surface area contributed by atoms with Crippen molar-refractivity contribution < 1.29 is 4.79 Å². The monoisotopic (exact) mass is 294 g/mol. The van der Waals surface area contributed by atoms with E-state index in [4.69, 9.17) is 17.3 Å². The number of nitrogens with two attached hydrogens (primary N) is 1. The van der Waals surface area contributed by atoms with Crippen LogP contribution in [0, 0.1) is 0 Å². The van der Waals surface area contributed by atoms with E-state index in [1.807, 2.05) is 0 Å². The molecule has 104 valence electrons. The molecule has 2 rings (SSSR count). The summed E-state index contributed by atoms with van der Waals surface area (Å²) in [5.41, 5.74) is 5.24.